The summed E-state index contributed by atoms with van der Waals surface area (Å²) < 4.78 is 0. The average Bonchev–Trinajstić information content (AvgIpc) is 2.62. The molecule has 6 heteroatoms. The Balaban J connectivity index is 0.000000281. The maximum atomic E-state index is 9.53. The Hall–Kier alpha value is -1.82. The van der Waals surface area contributed by atoms with Crippen molar-refractivity contribution in [1.29, 1.82) is 0 Å². The van der Waals surface area contributed by atoms with Gasteiger partial charge in [-0.1, -0.05) is 0 Å². The summed E-state index contributed by atoms with van der Waals surface area (Å²) in [5, 5.41) is 17.2. The Morgan fingerprint density at radius 2 is 2.19 bits per heavy atom. The van der Waals surface area contributed by atoms with Crippen LogP contribution in [0.5, 0.6) is 0 Å². The van der Waals surface area contributed by atoms with E-state index in [4.69, 9.17) is 5.11 Å². The molecule has 1 aliphatic heterocycles. The van der Waals surface area contributed by atoms with Crippen molar-refractivity contribution in [2.75, 3.05) is 20.3 Å². The van der Waals surface area contributed by atoms with Crippen LogP contribution in [0.3, 0.4) is 0 Å². The second-order valence-corrected chi connectivity index (χ2v) is 3.23. The van der Waals surface area contributed by atoms with Gasteiger partial charge in [0.2, 0.25) is 0 Å². The van der Waals surface area contributed by atoms with Crippen LogP contribution in [0.1, 0.15) is 6.92 Å². The molecule has 0 spiro atoms. The Morgan fingerprint density at radius 3 is 2.38 bits per heavy atom. The van der Waals surface area contributed by atoms with Gasteiger partial charge in [0.05, 0.1) is 18.7 Å². The van der Waals surface area contributed by atoms with Gasteiger partial charge in [-0.2, -0.15) is 0 Å². The second-order valence-electron chi connectivity index (χ2n) is 3.23. The maximum absolute atomic E-state index is 9.53. The molecule has 1 rings (SSSR count). The van der Waals surface area contributed by atoms with Crippen LogP contribution in [0.4, 0.5) is 0 Å². The molecule has 0 amide bonds. The van der Waals surface area contributed by atoms with Crippen LogP contribution in [-0.4, -0.2) is 42.2 Å². The number of nitrogens with zero attached hydrogens (tertiary/aromatic N) is 1. The third-order valence-corrected chi connectivity index (χ3v) is 1.83. The van der Waals surface area contributed by atoms with E-state index < -0.39 is 11.9 Å². The minimum Gasteiger partial charge on any atom is -0.545 e. The molecule has 0 aromatic heterocycles. The van der Waals surface area contributed by atoms with E-state index in [-0.39, 0.29) is 0 Å². The molecule has 1 heterocycles. The van der Waals surface area contributed by atoms with E-state index in [9.17, 15) is 14.7 Å². The lowest BCUT2D eigenvalue weighted by atomic mass is 10.5. The number of nitrogens with one attached hydrogen (secondary N) is 1. The van der Waals surface area contributed by atoms with E-state index in [1.165, 1.54) is 11.4 Å². The Bertz CT molecular complexity index is 283. The van der Waals surface area contributed by atoms with Crippen LogP contribution < -0.4 is 10.0 Å². The zero-order valence-electron chi connectivity index (χ0n) is 9.34. The van der Waals surface area contributed by atoms with Gasteiger partial charge in [-0.05, 0) is 13.0 Å². The maximum Gasteiger partial charge on any atom is 0.328 e. The van der Waals surface area contributed by atoms with Crippen molar-refractivity contribution in [2.24, 2.45) is 0 Å². The summed E-state index contributed by atoms with van der Waals surface area (Å²) in [6.45, 7) is 4.52. The van der Waals surface area contributed by atoms with Gasteiger partial charge in [0.25, 0.3) is 0 Å². The molecule has 0 fully saturated rings. The number of rotatable bonds is 3. The van der Waals surface area contributed by atoms with Gasteiger partial charge >= 0.3 is 5.97 Å². The van der Waals surface area contributed by atoms with E-state index in [2.05, 4.69) is 31.3 Å². The van der Waals surface area contributed by atoms with Gasteiger partial charge in [-0.15, -0.1) is 0 Å². The molecule has 6 nitrogen and oxygen atoms in total. The summed E-state index contributed by atoms with van der Waals surface area (Å²) in [6, 6.07) is 0. The largest absolute Gasteiger partial charge is 0.545 e. The van der Waals surface area contributed by atoms with E-state index >= 15 is 0 Å². The highest BCUT2D eigenvalue weighted by atomic mass is 16.4. The zero-order chi connectivity index (χ0) is 12.6. The predicted octanol–water partition coefficient (Wildman–Crippen LogP) is -2.36. The molecule has 0 aliphatic carbocycles. The van der Waals surface area contributed by atoms with Crippen molar-refractivity contribution in [2.45, 2.75) is 6.92 Å². The van der Waals surface area contributed by atoms with Gasteiger partial charge in [0.15, 0.2) is 6.67 Å². The smallest absolute Gasteiger partial charge is 0.328 e. The number of carboxylic acids is 2. The van der Waals surface area contributed by atoms with Crippen LogP contribution in [0.15, 0.2) is 24.6 Å². The molecular weight excluding hydrogens is 212 g/mol. The molecule has 0 saturated carbocycles. The third-order valence-electron chi connectivity index (χ3n) is 1.83. The number of carbonyl (C=O) groups is 2. The van der Waals surface area contributed by atoms with Gasteiger partial charge in [-0.3, -0.25) is 4.90 Å². The molecule has 0 bridgehead atoms. The summed E-state index contributed by atoms with van der Waals surface area (Å²) in [4.78, 5) is 22.7. The van der Waals surface area contributed by atoms with Gasteiger partial charge in [-0.25, -0.2) is 4.79 Å². The fraction of sp³-hybridized carbons (Fsp3) is 0.400. The zero-order valence-corrected chi connectivity index (χ0v) is 9.34. The van der Waals surface area contributed by atoms with E-state index in [0.29, 0.717) is 12.2 Å². The van der Waals surface area contributed by atoms with Crippen LogP contribution in [-0.2, 0) is 9.59 Å². The molecule has 1 aliphatic rings. The number of carbonyl (C=O) groups excluding carboxylic acids is 1. The summed E-state index contributed by atoms with van der Waals surface area (Å²) >= 11 is 0. The van der Waals surface area contributed by atoms with Gasteiger partial charge < -0.3 is 19.9 Å². The first kappa shape index (κ1) is 14.2. The monoisotopic (exact) mass is 228 g/mol. The van der Waals surface area contributed by atoms with Crippen LogP contribution in [0.2, 0.25) is 0 Å². The minimum atomic E-state index is -1.51. The number of aliphatic carboxylic acids is 2. The lowest BCUT2D eigenvalue weighted by molar-refractivity contribution is -0.846. The quantitative estimate of drug-likeness (QED) is 0.528. The third kappa shape index (κ3) is 7.57. The Morgan fingerprint density at radius 1 is 1.56 bits per heavy atom. The first-order chi connectivity index (χ1) is 7.45. The molecule has 0 aromatic carbocycles. The highest BCUT2D eigenvalue weighted by Crippen LogP contribution is 1.80. The molecule has 16 heavy (non-hydrogen) atoms. The number of carboxylic acid groups (broad SMARTS) is 2. The highest BCUT2D eigenvalue weighted by molar-refractivity contribution is 5.88. The number of hydrogen-bond acceptors (Lipinski definition) is 4. The van der Waals surface area contributed by atoms with Crippen LogP contribution in [0, 0.1) is 0 Å². The van der Waals surface area contributed by atoms with Gasteiger partial charge in [0, 0.05) is 13.1 Å². The molecule has 1 unspecified atom stereocenters. The summed E-state index contributed by atoms with van der Waals surface area (Å²) in [7, 11) is 2.10. The standard InChI is InChI=1S/C6H12N2.C4H4O4/c1-3-8-5-4-7(2)6-8;5-3(6)1-2-4(7)8/h4-5H,3,6H2,1-2H3;1-2H,(H,5,6)(H,7,8). The molecule has 0 saturated heterocycles. The van der Waals surface area contributed by atoms with E-state index in [1.807, 2.05) is 0 Å². The summed E-state index contributed by atoms with van der Waals surface area (Å²) in [5.74, 6) is -2.80. The molecule has 0 radical (unpaired) electrons. The van der Waals surface area contributed by atoms with Gasteiger partial charge in [0.1, 0.15) is 6.20 Å². The van der Waals surface area contributed by atoms with Crippen molar-refractivity contribution in [1.82, 2.24) is 4.90 Å². The number of quaternary nitrogens is 1. The highest BCUT2D eigenvalue weighted by Gasteiger charge is 2.09. The lowest BCUT2D eigenvalue weighted by Gasteiger charge is -2.09. The number of hydrogen-bond donors (Lipinski definition) is 2. The van der Waals surface area contributed by atoms with Crippen molar-refractivity contribution in [3.05, 3.63) is 24.6 Å². The van der Waals surface area contributed by atoms with Crippen LogP contribution >= 0.6 is 0 Å². The predicted molar refractivity (Wildman–Crippen MR) is 55.1 cm³/mol. The summed E-state index contributed by atoms with van der Waals surface area (Å²) in [5.41, 5.74) is 0. The summed E-state index contributed by atoms with van der Waals surface area (Å²) in [6.07, 6.45) is 5.26. The van der Waals surface area contributed by atoms with Crippen LogP contribution in [0.25, 0.3) is 0 Å². The fourth-order valence-electron chi connectivity index (χ4n) is 1.03. The second kappa shape index (κ2) is 7.47. The minimum absolute atomic E-state index is 0.447. The Labute approximate surface area is 94.1 Å². The normalized spacial score (nSPS) is 18.4. The fourth-order valence-corrected chi connectivity index (χ4v) is 1.03. The topological polar surface area (TPSA) is 85.1 Å². The average molecular weight is 228 g/mol. The van der Waals surface area contributed by atoms with E-state index in [1.54, 1.807) is 0 Å². The van der Waals surface area contributed by atoms with Crippen molar-refractivity contribution in [3.8, 4) is 0 Å². The van der Waals surface area contributed by atoms with Crippen molar-refractivity contribution >= 4 is 11.9 Å². The Kier molecular flexibility index (Phi) is 6.62. The lowest BCUT2D eigenvalue weighted by Crippen LogP contribution is -3.06. The van der Waals surface area contributed by atoms with E-state index in [0.717, 1.165) is 6.67 Å². The molecular formula is C10H16N2O4. The molecule has 2 N–H and O–H groups in total. The van der Waals surface area contributed by atoms with Crippen molar-refractivity contribution < 1.29 is 24.7 Å². The molecule has 90 valence electrons. The first-order valence-corrected chi connectivity index (χ1v) is 4.80. The first-order valence-electron chi connectivity index (χ1n) is 4.80. The molecule has 1 atom stereocenters. The SMILES string of the molecule is CC[NH+]1C=CN(C)C1.O=C([O-])C=CC(=O)O. The van der Waals surface area contributed by atoms with Crippen molar-refractivity contribution in [3.63, 3.8) is 0 Å². The molecule has 0 aromatic rings.